The third-order valence-corrected chi connectivity index (χ3v) is 4.93. The minimum atomic E-state index is -2.00. The summed E-state index contributed by atoms with van der Waals surface area (Å²) in [4.78, 5) is 12.1. The van der Waals surface area contributed by atoms with Gasteiger partial charge in [0.25, 0.3) is 0 Å². The van der Waals surface area contributed by atoms with Crippen LogP contribution < -0.4 is 10.0 Å². The van der Waals surface area contributed by atoms with E-state index in [0.29, 0.717) is 35.0 Å². The molecule has 0 heterocycles. The Hall–Kier alpha value is -2.44. The van der Waals surface area contributed by atoms with Gasteiger partial charge in [0.05, 0.1) is 11.6 Å². The van der Waals surface area contributed by atoms with Crippen LogP contribution in [0.1, 0.15) is 27.9 Å². The fourth-order valence-corrected chi connectivity index (χ4v) is 3.72. The SMILES string of the molecule is C[PH](=O)c1ccc(Oc2cc(F)cc(C#N)c2)c2c1C(=O)CC2. The van der Waals surface area contributed by atoms with Crippen molar-refractivity contribution in [3.8, 4) is 17.6 Å². The van der Waals surface area contributed by atoms with Crippen molar-refractivity contribution in [1.29, 1.82) is 5.26 Å². The van der Waals surface area contributed by atoms with Crippen LogP contribution in [0.15, 0.2) is 30.3 Å². The predicted molar refractivity (Wildman–Crippen MR) is 84.8 cm³/mol. The molecule has 0 radical (unpaired) electrons. The molecule has 4 nitrogen and oxygen atoms in total. The van der Waals surface area contributed by atoms with E-state index in [9.17, 15) is 13.8 Å². The molecule has 1 aliphatic carbocycles. The highest BCUT2D eigenvalue weighted by Gasteiger charge is 2.27. The number of halogens is 1. The summed E-state index contributed by atoms with van der Waals surface area (Å²) < 4.78 is 31.0. The lowest BCUT2D eigenvalue weighted by Crippen LogP contribution is -2.10. The van der Waals surface area contributed by atoms with E-state index in [4.69, 9.17) is 10.00 Å². The topological polar surface area (TPSA) is 67.2 Å². The molecule has 1 aliphatic rings. The van der Waals surface area contributed by atoms with Crippen LogP contribution >= 0.6 is 7.80 Å². The number of hydrogen-bond acceptors (Lipinski definition) is 4. The molecule has 0 amide bonds. The second-order valence-electron chi connectivity index (χ2n) is 5.33. The van der Waals surface area contributed by atoms with Crippen LogP contribution in [0.5, 0.6) is 11.5 Å². The molecule has 0 aromatic heterocycles. The molecule has 1 unspecified atom stereocenters. The summed E-state index contributed by atoms with van der Waals surface area (Å²) in [5, 5.41) is 9.46. The first-order chi connectivity index (χ1) is 11.0. The van der Waals surface area contributed by atoms with E-state index in [1.165, 1.54) is 12.1 Å². The van der Waals surface area contributed by atoms with E-state index >= 15 is 0 Å². The highest BCUT2D eigenvalue weighted by molar-refractivity contribution is 7.52. The van der Waals surface area contributed by atoms with Gasteiger partial charge in [-0.25, -0.2) is 4.39 Å². The van der Waals surface area contributed by atoms with Crippen molar-refractivity contribution >= 4 is 18.9 Å². The van der Waals surface area contributed by atoms with Gasteiger partial charge in [-0.15, -0.1) is 0 Å². The standard InChI is InChI=1S/C17H13FNO3P/c1-23(21)16-5-4-15(13-2-3-14(20)17(13)16)22-12-7-10(9-19)6-11(18)8-12/h4-8,23H,2-3H2,1H3. The third-order valence-electron chi connectivity index (χ3n) is 3.76. The lowest BCUT2D eigenvalue weighted by Gasteiger charge is -2.12. The largest absolute Gasteiger partial charge is 0.457 e. The number of benzene rings is 2. The van der Waals surface area contributed by atoms with E-state index in [1.807, 2.05) is 6.07 Å². The molecule has 2 aromatic carbocycles. The summed E-state index contributed by atoms with van der Waals surface area (Å²) in [5.41, 5.74) is 1.34. The Balaban J connectivity index is 2.06. The number of ether oxygens (including phenoxy) is 1. The van der Waals surface area contributed by atoms with Crippen molar-refractivity contribution < 1.29 is 18.5 Å². The molecular formula is C17H13FNO3P. The Kier molecular flexibility index (Phi) is 4.02. The molecule has 0 N–H and O–H groups in total. The van der Waals surface area contributed by atoms with Crippen molar-refractivity contribution in [1.82, 2.24) is 0 Å². The van der Waals surface area contributed by atoms with Crippen LogP contribution in [0.3, 0.4) is 0 Å². The van der Waals surface area contributed by atoms with Crippen molar-refractivity contribution in [2.24, 2.45) is 0 Å². The van der Waals surface area contributed by atoms with Gasteiger partial charge in [-0.05, 0) is 37.4 Å². The quantitative estimate of drug-likeness (QED) is 0.809. The molecule has 0 aliphatic heterocycles. The van der Waals surface area contributed by atoms with E-state index < -0.39 is 13.6 Å². The van der Waals surface area contributed by atoms with Crippen molar-refractivity contribution in [2.45, 2.75) is 12.8 Å². The minimum Gasteiger partial charge on any atom is -0.457 e. The maximum Gasteiger partial charge on any atom is 0.164 e. The zero-order valence-corrected chi connectivity index (χ0v) is 13.4. The number of nitriles is 1. The van der Waals surface area contributed by atoms with Gasteiger partial charge in [0, 0.05) is 28.9 Å². The highest BCUT2D eigenvalue weighted by atomic mass is 31.1. The van der Waals surface area contributed by atoms with Gasteiger partial charge >= 0.3 is 0 Å². The monoisotopic (exact) mass is 329 g/mol. The molecule has 3 rings (SSSR count). The zero-order chi connectivity index (χ0) is 16.6. The second-order valence-corrected chi connectivity index (χ2v) is 6.98. The zero-order valence-electron chi connectivity index (χ0n) is 12.4. The van der Waals surface area contributed by atoms with Gasteiger partial charge in [0.1, 0.15) is 25.1 Å². The maximum atomic E-state index is 13.5. The Bertz CT molecular complexity index is 886. The molecule has 0 fully saturated rings. The number of rotatable bonds is 3. The van der Waals surface area contributed by atoms with Crippen LogP contribution in [-0.4, -0.2) is 12.4 Å². The summed E-state index contributed by atoms with van der Waals surface area (Å²) in [6.07, 6.45) is 0.858. The number of fused-ring (bicyclic) bond motifs is 1. The maximum absolute atomic E-state index is 13.5. The average molecular weight is 329 g/mol. The number of hydrogen-bond donors (Lipinski definition) is 0. The average Bonchev–Trinajstić information content (AvgIpc) is 2.89. The minimum absolute atomic E-state index is 0.0439. The van der Waals surface area contributed by atoms with Crippen LogP contribution in [0.4, 0.5) is 4.39 Å². The first-order valence-electron chi connectivity index (χ1n) is 7.08. The number of carbonyl (C=O) groups is 1. The van der Waals surface area contributed by atoms with Crippen LogP contribution in [-0.2, 0) is 11.0 Å². The van der Waals surface area contributed by atoms with Crippen molar-refractivity contribution in [2.75, 3.05) is 6.66 Å². The summed E-state index contributed by atoms with van der Waals surface area (Å²) in [7, 11) is -2.00. The predicted octanol–water partition coefficient (Wildman–Crippen LogP) is 3.43. The van der Waals surface area contributed by atoms with Gasteiger partial charge in [0.15, 0.2) is 5.78 Å². The fraction of sp³-hybridized carbons (Fsp3) is 0.176. The van der Waals surface area contributed by atoms with Gasteiger partial charge in [0.2, 0.25) is 0 Å². The Labute approximate surface area is 133 Å². The van der Waals surface area contributed by atoms with Crippen LogP contribution in [0, 0.1) is 17.1 Å². The Morgan fingerprint density at radius 3 is 2.74 bits per heavy atom. The molecule has 0 bridgehead atoms. The summed E-state index contributed by atoms with van der Waals surface area (Å²) in [5.74, 6) is 0.0203. The van der Waals surface area contributed by atoms with Gasteiger partial charge in [-0.1, -0.05) is 0 Å². The number of nitrogens with zero attached hydrogens (tertiary/aromatic N) is 1. The molecule has 2 aromatic rings. The normalized spacial score (nSPS) is 14.2. The number of ketones is 1. The summed E-state index contributed by atoms with van der Waals surface area (Å²) >= 11 is 0. The number of carbonyl (C=O) groups excluding carboxylic acids is 1. The van der Waals surface area contributed by atoms with Gasteiger partial charge in [-0.2, -0.15) is 5.26 Å². The first kappa shape index (κ1) is 15.5. The van der Waals surface area contributed by atoms with Gasteiger partial charge < -0.3 is 9.30 Å². The lowest BCUT2D eigenvalue weighted by molar-refractivity contribution is 0.0995. The highest BCUT2D eigenvalue weighted by Crippen LogP contribution is 2.36. The second kappa shape index (κ2) is 5.98. The van der Waals surface area contributed by atoms with E-state index in [1.54, 1.807) is 18.8 Å². The molecule has 0 spiro atoms. The molecule has 1 atom stereocenters. The molecule has 116 valence electrons. The van der Waals surface area contributed by atoms with Crippen LogP contribution in [0.25, 0.3) is 0 Å². The Morgan fingerprint density at radius 1 is 1.26 bits per heavy atom. The molecule has 0 saturated carbocycles. The number of Topliss-reactive ketones (excluding diaryl/α,β-unsaturated/α-hetero) is 1. The third kappa shape index (κ3) is 2.91. The summed E-state index contributed by atoms with van der Waals surface area (Å²) in [6.45, 7) is 1.60. The fourth-order valence-electron chi connectivity index (χ4n) is 2.76. The molecular weight excluding hydrogens is 316 g/mol. The van der Waals surface area contributed by atoms with E-state index in [-0.39, 0.29) is 17.1 Å². The molecule has 23 heavy (non-hydrogen) atoms. The van der Waals surface area contributed by atoms with E-state index in [2.05, 4.69) is 0 Å². The molecule has 6 heteroatoms. The first-order valence-corrected chi connectivity index (χ1v) is 8.99. The van der Waals surface area contributed by atoms with Crippen LogP contribution in [0.2, 0.25) is 0 Å². The van der Waals surface area contributed by atoms with Crippen molar-refractivity contribution in [3.05, 3.63) is 52.8 Å². The smallest absolute Gasteiger partial charge is 0.164 e. The van der Waals surface area contributed by atoms with Gasteiger partial charge in [-0.3, -0.25) is 4.79 Å². The van der Waals surface area contributed by atoms with Crippen molar-refractivity contribution in [3.63, 3.8) is 0 Å². The molecule has 0 saturated heterocycles. The summed E-state index contributed by atoms with van der Waals surface area (Å²) in [6, 6.07) is 8.88. The Morgan fingerprint density at radius 2 is 2.04 bits per heavy atom. The van der Waals surface area contributed by atoms with E-state index in [0.717, 1.165) is 6.07 Å². The lowest BCUT2D eigenvalue weighted by atomic mass is 10.1.